The summed E-state index contributed by atoms with van der Waals surface area (Å²) in [6.07, 6.45) is 3.15. The molecule has 4 rings (SSSR count). The third kappa shape index (κ3) is 3.79. The number of imide groups is 1. The van der Waals surface area contributed by atoms with Crippen LogP contribution in [0, 0.1) is 0 Å². The van der Waals surface area contributed by atoms with E-state index >= 15 is 0 Å². The fraction of sp³-hybridized carbons (Fsp3) is 0.417. The normalized spacial score (nSPS) is 21.5. The van der Waals surface area contributed by atoms with E-state index in [1.807, 2.05) is 36.4 Å². The van der Waals surface area contributed by atoms with Crippen molar-refractivity contribution in [1.29, 1.82) is 0 Å². The second-order valence-electron chi connectivity index (χ2n) is 8.27. The van der Waals surface area contributed by atoms with E-state index in [0.29, 0.717) is 5.75 Å². The van der Waals surface area contributed by atoms with Gasteiger partial charge in [-0.25, -0.2) is 4.79 Å². The number of ether oxygens (including phenoxy) is 1. The van der Waals surface area contributed by atoms with Gasteiger partial charge < -0.3 is 15.2 Å². The zero-order valence-corrected chi connectivity index (χ0v) is 17.5. The zero-order chi connectivity index (χ0) is 21.3. The number of urea groups is 1. The molecule has 0 unspecified atom stereocenters. The van der Waals surface area contributed by atoms with Gasteiger partial charge in [-0.15, -0.1) is 0 Å². The summed E-state index contributed by atoms with van der Waals surface area (Å²) < 4.78 is 5.62. The Bertz CT molecular complexity index is 956. The highest BCUT2D eigenvalue weighted by atomic mass is 16.5. The van der Waals surface area contributed by atoms with Crippen LogP contribution in [0.15, 0.2) is 42.5 Å². The highest BCUT2D eigenvalue weighted by Gasteiger charge is 2.49. The lowest BCUT2D eigenvalue weighted by atomic mass is 9.89. The number of hydrogen-bond donors (Lipinski definition) is 2. The number of aliphatic hydroxyl groups excluding tert-OH is 1. The number of β-amino-alcohol motifs (C(OH)–C–C–N with tert-alkyl or cyclic N) is 1. The van der Waals surface area contributed by atoms with Crippen LogP contribution in [0.4, 0.5) is 4.79 Å². The summed E-state index contributed by atoms with van der Waals surface area (Å²) in [7, 11) is 0. The third-order valence-electron chi connectivity index (χ3n) is 6.12. The maximum atomic E-state index is 13.1. The van der Waals surface area contributed by atoms with Crippen molar-refractivity contribution >= 4 is 11.9 Å². The molecule has 0 bridgehead atoms. The van der Waals surface area contributed by atoms with Crippen molar-refractivity contribution in [3.05, 3.63) is 64.7 Å². The van der Waals surface area contributed by atoms with Gasteiger partial charge in [0.05, 0.1) is 6.54 Å². The molecule has 6 nitrogen and oxygen atoms in total. The molecule has 2 aromatic rings. The highest BCUT2D eigenvalue weighted by Crippen LogP contribution is 2.32. The highest BCUT2D eigenvalue weighted by molar-refractivity contribution is 6.07. The van der Waals surface area contributed by atoms with Crippen LogP contribution in [0.25, 0.3) is 0 Å². The number of carbonyl (C=O) groups is 2. The first kappa shape index (κ1) is 20.4. The third-order valence-corrected chi connectivity index (χ3v) is 6.12. The van der Waals surface area contributed by atoms with E-state index in [9.17, 15) is 14.7 Å². The van der Waals surface area contributed by atoms with E-state index in [0.717, 1.165) is 36.1 Å². The van der Waals surface area contributed by atoms with Crippen molar-refractivity contribution < 1.29 is 19.4 Å². The van der Waals surface area contributed by atoms with Gasteiger partial charge in [0.2, 0.25) is 0 Å². The Labute approximate surface area is 176 Å². The number of aliphatic hydroxyl groups is 1. The molecular weight excluding hydrogens is 380 g/mol. The lowest BCUT2D eigenvalue weighted by Gasteiger charge is -2.24. The van der Waals surface area contributed by atoms with E-state index in [1.165, 1.54) is 16.7 Å². The molecule has 1 aliphatic carbocycles. The molecule has 30 heavy (non-hydrogen) atoms. The predicted molar refractivity (Wildman–Crippen MR) is 113 cm³/mol. The van der Waals surface area contributed by atoms with Gasteiger partial charge >= 0.3 is 6.03 Å². The SMILES string of the molecule is CCc1ccc(OC[C@@H](O)CN2C(=O)N[C@](C)(c3ccc4c(c3)CCC4)C2=O)cc1. The van der Waals surface area contributed by atoms with E-state index in [1.54, 1.807) is 6.92 Å². The number of amides is 3. The average molecular weight is 408 g/mol. The number of rotatable bonds is 7. The van der Waals surface area contributed by atoms with Crippen molar-refractivity contribution in [3.8, 4) is 5.75 Å². The van der Waals surface area contributed by atoms with Gasteiger partial charge in [-0.2, -0.15) is 0 Å². The lowest BCUT2D eigenvalue weighted by molar-refractivity contribution is -0.132. The molecule has 2 N–H and O–H groups in total. The van der Waals surface area contributed by atoms with Crippen LogP contribution in [-0.4, -0.2) is 41.2 Å². The van der Waals surface area contributed by atoms with Crippen molar-refractivity contribution in [1.82, 2.24) is 10.2 Å². The molecule has 158 valence electrons. The minimum Gasteiger partial charge on any atom is -0.491 e. The van der Waals surface area contributed by atoms with Crippen LogP contribution in [-0.2, 0) is 29.6 Å². The monoisotopic (exact) mass is 408 g/mol. The quantitative estimate of drug-likeness (QED) is 0.691. The Morgan fingerprint density at radius 2 is 1.87 bits per heavy atom. The average Bonchev–Trinajstić information content (AvgIpc) is 3.31. The van der Waals surface area contributed by atoms with Gasteiger partial charge in [-0.05, 0) is 67.0 Å². The molecule has 0 saturated carbocycles. The molecule has 1 saturated heterocycles. The molecule has 0 aromatic heterocycles. The molecule has 2 aliphatic rings. The number of fused-ring (bicyclic) bond motifs is 1. The maximum Gasteiger partial charge on any atom is 0.325 e. The predicted octanol–water partition coefficient (Wildman–Crippen LogP) is 2.94. The minimum atomic E-state index is -1.12. The maximum absolute atomic E-state index is 13.1. The molecule has 6 heteroatoms. The lowest BCUT2D eigenvalue weighted by Crippen LogP contribution is -2.42. The van der Waals surface area contributed by atoms with Gasteiger partial charge in [0.25, 0.3) is 5.91 Å². The fourth-order valence-corrected chi connectivity index (χ4v) is 4.22. The number of nitrogens with zero attached hydrogens (tertiary/aromatic N) is 1. The molecule has 1 aliphatic heterocycles. The molecule has 0 spiro atoms. The largest absolute Gasteiger partial charge is 0.491 e. The van der Waals surface area contributed by atoms with Crippen LogP contribution in [0.2, 0.25) is 0 Å². The summed E-state index contributed by atoms with van der Waals surface area (Å²) in [5.74, 6) is 0.295. The van der Waals surface area contributed by atoms with Crippen LogP contribution < -0.4 is 10.1 Å². The smallest absolute Gasteiger partial charge is 0.325 e. The van der Waals surface area contributed by atoms with E-state index in [2.05, 4.69) is 18.3 Å². The number of benzene rings is 2. The molecule has 2 atom stereocenters. The Morgan fingerprint density at radius 3 is 2.60 bits per heavy atom. The van der Waals surface area contributed by atoms with Crippen molar-refractivity contribution in [3.63, 3.8) is 0 Å². The van der Waals surface area contributed by atoms with E-state index in [-0.39, 0.29) is 19.1 Å². The topological polar surface area (TPSA) is 78.9 Å². The van der Waals surface area contributed by atoms with Crippen molar-refractivity contribution in [2.75, 3.05) is 13.2 Å². The Hall–Kier alpha value is -2.86. The number of hydrogen-bond acceptors (Lipinski definition) is 4. The van der Waals surface area contributed by atoms with Gasteiger partial charge in [0.1, 0.15) is 24.0 Å². The second-order valence-corrected chi connectivity index (χ2v) is 8.27. The van der Waals surface area contributed by atoms with Gasteiger partial charge in [-0.3, -0.25) is 9.69 Å². The molecular formula is C24H28N2O4. The van der Waals surface area contributed by atoms with Gasteiger partial charge in [0, 0.05) is 0 Å². The Morgan fingerprint density at radius 1 is 1.13 bits per heavy atom. The summed E-state index contributed by atoms with van der Waals surface area (Å²) in [6.45, 7) is 3.69. The Kier molecular flexibility index (Phi) is 5.52. The molecule has 0 radical (unpaired) electrons. The van der Waals surface area contributed by atoms with Crippen LogP contribution >= 0.6 is 0 Å². The summed E-state index contributed by atoms with van der Waals surface area (Å²) in [5, 5.41) is 13.2. The van der Waals surface area contributed by atoms with Crippen molar-refractivity contribution in [2.24, 2.45) is 0 Å². The van der Waals surface area contributed by atoms with Crippen molar-refractivity contribution in [2.45, 2.75) is 51.2 Å². The van der Waals surface area contributed by atoms with E-state index in [4.69, 9.17) is 4.74 Å². The molecule has 3 amide bonds. The first-order valence-corrected chi connectivity index (χ1v) is 10.6. The van der Waals surface area contributed by atoms with Crippen LogP contribution in [0.1, 0.15) is 42.5 Å². The number of carbonyl (C=O) groups excluding carboxylic acids is 2. The summed E-state index contributed by atoms with van der Waals surface area (Å²) in [5.41, 5.74) is 3.43. The first-order valence-electron chi connectivity index (χ1n) is 10.6. The van der Waals surface area contributed by atoms with Gasteiger partial charge in [-0.1, -0.05) is 37.3 Å². The van der Waals surface area contributed by atoms with Crippen LogP contribution in [0.3, 0.4) is 0 Å². The number of nitrogens with one attached hydrogen (secondary N) is 1. The molecule has 2 aromatic carbocycles. The summed E-state index contributed by atoms with van der Waals surface area (Å²) in [4.78, 5) is 26.7. The second kappa shape index (κ2) is 8.11. The summed E-state index contributed by atoms with van der Waals surface area (Å²) in [6, 6.07) is 13.2. The first-order chi connectivity index (χ1) is 14.4. The minimum absolute atomic E-state index is 0.00189. The molecule has 1 fully saturated rings. The van der Waals surface area contributed by atoms with E-state index < -0.39 is 17.7 Å². The summed E-state index contributed by atoms with van der Waals surface area (Å²) >= 11 is 0. The fourth-order valence-electron chi connectivity index (χ4n) is 4.22. The zero-order valence-electron chi connectivity index (χ0n) is 17.5. The number of aryl methyl sites for hydroxylation is 3. The Balaban J connectivity index is 1.40. The molecule has 1 heterocycles. The van der Waals surface area contributed by atoms with Gasteiger partial charge in [0.15, 0.2) is 0 Å². The standard InChI is InChI=1S/C24H28N2O4/c1-3-16-7-11-21(12-8-16)30-15-20(27)14-26-22(28)24(2,25-23(26)29)19-10-9-17-5-4-6-18(17)13-19/h7-13,20,27H,3-6,14-15H2,1-2H3,(H,25,29)/t20-,24+/m0/s1. The van der Waals surface area contributed by atoms with Crippen LogP contribution in [0.5, 0.6) is 5.75 Å².